The van der Waals surface area contributed by atoms with Crippen LogP contribution in [0.2, 0.25) is 0 Å². The highest BCUT2D eigenvalue weighted by atomic mass is 16.3. The number of nitrogens with two attached hydrogens (primary N) is 1. The van der Waals surface area contributed by atoms with Crippen LogP contribution < -0.4 is 16.4 Å². The number of para-hydroxylation sites is 2. The van der Waals surface area contributed by atoms with E-state index in [0.29, 0.717) is 5.69 Å². The minimum absolute atomic E-state index is 0.118. The van der Waals surface area contributed by atoms with Gasteiger partial charge < -0.3 is 21.5 Å². The standard InChI is InChI=1S/C23H22N4O2/c1-14(23(24)29)25-16-10-15(13-28)11-17(12-16)26-22-18-6-2-4-8-20(18)27-21-9-5-3-7-19(21)22/h2-12,14,25,28H,13H2,1H3,(H2,24,29)(H,26,27)/t14-/m0/s1. The monoisotopic (exact) mass is 386 g/mol. The molecule has 146 valence electrons. The number of fused-ring (bicyclic) bond motifs is 2. The molecular weight excluding hydrogens is 364 g/mol. The van der Waals surface area contributed by atoms with Crippen LogP contribution in [0.5, 0.6) is 0 Å². The number of aliphatic hydroxyl groups is 1. The summed E-state index contributed by atoms with van der Waals surface area (Å²) in [5.41, 5.74) is 10.3. The highest BCUT2D eigenvalue weighted by Gasteiger charge is 2.12. The molecule has 0 spiro atoms. The molecule has 4 aromatic rings. The Labute approximate surface area is 168 Å². The van der Waals surface area contributed by atoms with Gasteiger partial charge >= 0.3 is 0 Å². The highest BCUT2D eigenvalue weighted by Crippen LogP contribution is 2.34. The predicted molar refractivity (Wildman–Crippen MR) is 117 cm³/mol. The third-order valence-electron chi connectivity index (χ3n) is 4.84. The molecule has 6 heteroatoms. The van der Waals surface area contributed by atoms with Gasteiger partial charge in [-0.15, -0.1) is 0 Å². The van der Waals surface area contributed by atoms with Crippen LogP contribution in [0.15, 0.2) is 66.7 Å². The first kappa shape index (κ1) is 18.7. The summed E-state index contributed by atoms with van der Waals surface area (Å²) in [7, 11) is 0. The molecule has 1 amide bonds. The molecule has 0 aliphatic rings. The Morgan fingerprint density at radius 1 is 1.00 bits per heavy atom. The van der Waals surface area contributed by atoms with Crippen molar-refractivity contribution in [3.63, 3.8) is 0 Å². The third kappa shape index (κ3) is 3.83. The Morgan fingerprint density at radius 2 is 1.59 bits per heavy atom. The van der Waals surface area contributed by atoms with Crippen LogP contribution >= 0.6 is 0 Å². The van der Waals surface area contributed by atoms with E-state index in [1.54, 1.807) is 13.0 Å². The SMILES string of the molecule is C[C@H](Nc1cc(CO)cc(Nc2c3ccccc3nc3ccccc23)c1)C(N)=O. The summed E-state index contributed by atoms with van der Waals surface area (Å²) in [5, 5.41) is 18.3. The number of nitrogens with zero attached hydrogens (tertiary/aromatic N) is 1. The molecule has 4 rings (SSSR count). The number of carbonyl (C=O) groups is 1. The summed E-state index contributed by atoms with van der Waals surface area (Å²) in [6.45, 7) is 1.58. The topological polar surface area (TPSA) is 100 Å². The van der Waals surface area contributed by atoms with Crippen LogP contribution in [0.25, 0.3) is 21.8 Å². The maximum Gasteiger partial charge on any atom is 0.239 e. The number of pyridine rings is 1. The third-order valence-corrected chi connectivity index (χ3v) is 4.84. The summed E-state index contributed by atoms with van der Waals surface area (Å²) in [6.07, 6.45) is 0. The number of aliphatic hydroxyl groups excluding tert-OH is 1. The smallest absolute Gasteiger partial charge is 0.239 e. The van der Waals surface area contributed by atoms with E-state index in [2.05, 4.69) is 10.6 Å². The van der Waals surface area contributed by atoms with Gasteiger partial charge in [0.25, 0.3) is 0 Å². The zero-order valence-corrected chi connectivity index (χ0v) is 16.0. The zero-order chi connectivity index (χ0) is 20.4. The van der Waals surface area contributed by atoms with Crippen LogP contribution in [0.1, 0.15) is 12.5 Å². The fourth-order valence-corrected chi connectivity index (χ4v) is 3.38. The predicted octanol–water partition coefficient (Wildman–Crippen LogP) is 3.91. The van der Waals surface area contributed by atoms with Crippen molar-refractivity contribution in [2.24, 2.45) is 5.73 Å². The second kappa shape index (κ2) is 7.77. The number of anilines is 3. The second-order valence-corrected chi connectivity index (χ2v) is 6.99. The first-order chi connectivity index (χ1) is 14.0. The molecule has 0 aliphatic heterocycles. The number of hydrogen-bond acceptors (Lipinski definition) is 5. The number of hydrogen-bond donors (Lipinski definition) is 4. The van der Waals surface area contributed by atoms with Gasteiger partial charge in [0.1, 0.15) is 6.04 Å². The van der Waals surface area contributed by atoms with Crippen molar-refractivity contribution in [2.75, 3.05) is 10.6 Å². The zero-order valence-electron chi connectivity index (χ0n) is 16.0. The Kier molecular flexibility index (Phi) is 5.01. The Hall–Kier alpha value is -3.64. The van der Waals surface area contributed by atoms with Crippen LogP contribution in [-0.4, -0.2) is 22.0 Å². The number of amides is 1. The van der Waals surface area contributed by atoms with Crippen molar-refractivity contribution in [2.45, 2.75) is 19.6 Å². The molecule has 6 nitrogen and oxygen atoms in total. The number of primary amides is 1. The molecule has 0 bridgehead atoms. The molecule has 0 aliphatic carbocycles. The van der Waals surface area contributed by atoms with E-state index in [4.69, 9.17) is 10.7 Å². The highest BCUT2D eigenvalue weighted by molar-refractivity contribution is 6.08. The van der Waals surface area contributed by atoms with E-state index in [1.807, 2.05) is 60.7 Å². The molecule has 1 heterocycles. The van der Waals surface area contributed by atoms with Gasteiger partial charge in [0.15, 0.2) is 0 Å². The van der Waals surface area contributed by atoms with Crippen molar-refractivity contribution in [3.8, 4) is 0 Å². The molecule has 3 aromatic carbocycles. The molecule has 0 saturated heterocycles. The summed E-state index contributed by atoms with van der Waals surface area (Å²) in [4.78, 5) is 16.2. The average molecular weight is 386 g/mol. The van der Waals surface area contributed by atoms with Gasteiger partial charge in [-0.2, -0.15) is 0 Å². The lowest BCUT2D eigenvalue weighted by molar-refractivity contribution is -0.118. The van der Waals surface area contributed by atoms with Gasteiger partial charge in [-0.3, -0.25) is 4.79 Å². The number of rotatable bonds is 6. The first-order valence-electron chi connectivity index (χ1n) is 9.40. The Bertz CT molecular complexity index is 1150. The van der Waals surface area contributed by atoms with Crippen LogP contribution in [0.4, 0.5) is 17.1 Å². The van der Waals surface area contributed by atoms with Crippen LogP contribution in [-0.2, 0) is 11.4 Å². The summed E-state index contributed by atoms with van der Waals surface area (Å²) >= 11 is 0. The molecule has 0 fully saturated rings. The van der Waals surface area contributed by atoms with Crippen LogP contribution in [0.3, 0.4) is 0 Å². The molecule has 5 N–H and O–H groups in total. The Balaban J connectivity index is 1.82. The molecule has 0 saturated carbocycles. The van der Waals surface area contributed by atoms with Crippen LogP contribution in [0, 0.1) is 0 Å². The molecule has 29 heavy (non-hydrogen) atoms. The molecular formula is C23H22N4O2. The van der Waals surface area contributed by atoms with Gasteiger partial charge in [0, 0.05) is 22.1 Å². The molecule has 0 unspecified atom stereocenters. The van der Waals surface area contributed by atoms with Crippen molar-refractivity contribution in [3.05, 3.63) is 72.3 Å². The van der Waals surface area contributed by atoms with E-state index >= 15 is 0 Å². The van der Waals surface area contributed by atoms with Gasteiger partial charge in [-0.1, -0.05) is 36.4 Å². The van der Waals surface area contributed by atoms with E-state index in [9.17, 15) is 9.90 Å². The minimum atomic E-state index is -0.528. The lowest BCUT2D eigenvalue weighted by Gasteiger charge is -2.17. The minimum Gasteiger partial charge on any atom is -0.392 e. The summed E-state index contributed by atoms with van der Waals surface area (Å²) in [6, 6.07) is 21.0. The fourth-order valence-electron chi connectivity index (χ4n) is 3.38. The lowest BCUT2D eigenvalue weighted by Crippen LogP contribution is -2.32. The second-order valence-electron chi connectivity index (χ2n) is 6.99. The van der Waals surface area contributed by atoms with E-state index in [-0.39, 0.29) is 6.61 Å². The van der Waals surface area contributed by atoms with Crippen molar-refractivity contribution in [1.29, 1.82) is 0 Å². The number of aromatic nitrogens is 1. The van der Waals surface area contributed by atoms with Gasteiger partial charge in [0.2, 0.25) is 5.91 Å². The normalized spacial score (nSPS) is 12.1. The average Bonchev–Trinajstić information content (AvgIpc) is 2.73. The van der Waals surface area contributed by atoms with Gasteiger partial charge in [0.05, 0.1) is 23.3 Å². The lowest BCUT2D eigenvalue weighted by atomic mass is 10.1. The summed E-state index contributed by atoms with van der Waals surface area (Å²) in [5.74, 6) is -0.444. The van der Waals surface area contributed by atoms with Gasteiger partial charge in [-0.25, -0.2) is 4.98 Å². The van der Waals surface area contributed by atoms with E-state index < -0.39 is 11.9 Å². The molecule has 1 atom stereocenters. The Morgan fingerprint density at radius 3 is 2.17 bits per heavy atom. The molecule has 1 aromatic heterocycles. The first-order valence-corrected chi connectivity index (χ1v) is 9.40. The maximum atomic E-state index is 11.4. The largest absolute Gasteiger partial charge is 0.392 e. The fraction of sp³-hybridized carbons (Fsp3) is 0.130. The maximum absolute atomic E-state index is 11.4. The summed E-state index contributed by atoms with van der Waals surface area (Å²) < 4.78 is 0. The number of nitrogens with one attached hydrogen (secondary N) is 2. The van der Waals surface area contributed by atoms with E-state index in [0.717, 1.165) is 38.7 Å². The van der Waals surface area contributed by atoms with Crippen molar-refractivity contribution in [1.82, 2.24) is 4.98 Å². The van der Waals surface area contributed by atoms with Crippen molar-refractivity contribution >= 4 is 44.8 Å². The number of benzene rings is 3. The molecule has 0 radical (unpaired) electrons. The van der Waals surface area contributed by atoms with Crippen molar-refractivity contribution < 1.29 is 9.90 Å². The quantitative estimate of drug-likeness (QED) is 0.377. The number of carbonyl (C=O) groups excluding carboxylic acids is 1. The van der Waals surface area contributed by atoms with E-state index in [1.165, 1.54) is 0 Å². The van der Waals surface area contributed by atoms with Gasteiger partial charge in [-0.05, 0) is 42.8 Å².